The van der Waals surface area contributed by atoms with Gasteiger partial charge in [-0.2, -0.15) is 9.97 Å². The van der Waals surface area contributed by atoms with Crippen molar-refractivity contribution in [1.82, 2.24) is 19.5 Å². The monoisotopic (exact) mass is 480 g/mol. The number of rotatable bonds is 3. The minimum Gasteiger partial charge on any atom is -0.285 e. The second-order valence-electron chi connectivity index (χ2n) is 9.79. The number of hydrogen-bond donors (Lipinski definition) is 0. The number of hydrogen-bond acceptors (Lipinski definition) is 3. The molecular weight excluding hydrogens is 456 g/mol. The highest BCUT2D eigenvalue weighted by atomic mass is 28.3. The molecule has 2 aromatic heterocycles. The molecule has 7 rings (SSSR count). The summed E-state index contributed by atoms with van der Waals surface area (Å²) in [5.74, 6) is 1.97. The van der Waals surface area contributed by atoms with Gasteiger partial charge in [0, 0.05) is 22.7 Å². The lowest BCUT2D eigenvalue weighted by atomic mass is 10.0. The number of benzene rings is 4. The van der Waals surface area contributed by atoms with Crippen LogP contribution in [0.5, 0.6) is 0 Å². The molecule has 0 radical (unpaired) electrons. The van der Waals surface area contributed by atoms with Gasteiger partial charge in [0.1, 0.15) is 8.07 Å². The lowest BCUT2D eigenvalue weighted by Gasteiger charge is -2.19. The molecule has 0 bridgehead atoms. The van der Waals surface area contributed by atoms with Crippen molar-refractivity contribution in [2.75, 3.05) is 0 Å². The van der Waals surface area contributed by atoms with E-state index in [4.69, 9.17) is 15.0 Å². The van der Waals surface area contributed by atoms with Gasteiger partial charge in [0.25, 0.3) is 0 Å². The molecule has 0 atom stereocenters. The number of aromatic nitrogens is 4. The second kappa shape index (κ2) is 7.83. The summed E-state index contributed by atoms with van der Waals surface area (Å²) in [6, 6.07) is 35.9. The number of nitrogens with zero attached hydrogens (tertiary/aromatic N) is 4. The van der Waals surface area contributed by atoms with E-state index in [1.807, 2.05) is 60.7 Å². The normalized spacial score (nSPS) is 13.5. The van der Waals surface area contributed by atoms with E-state index in [-0.39, 0.29) is 0 Å². The first kappa shape index (κ1) is 21.0. The summed E-state index contributed by atoms with van der Waals surface area (Å²) in [5, 5.41) is 4.31. The van der Waals surface area contributed by atoms with Crippen LogP contribution in [-0.2, 0) is 0 Å². The van der Waals surface area contributed by atoms with Gasteiger partial charge in [-0.3, -0.25) is 4.57 Å². The van der Waals surface area contributed by atoms with Crippen molar-refractivity contribution in [1.29, 1.82) is 0 Å². The van der Waals surface area contributed by atoms with Gasteiger partial charge >= 0.3 is 0 Å². The van der Waals surface area contributed by atoms with Gasteiger partial charge in [0.05, 0.1) is 5.52 Å². The molecule has 0 unspecified atom stereocenters. The Morgan fingerprint density at radius 3 is 1.86 bits per heavy atom. The number of fused-ring (bicyclic) bond motifs is 5. The van der Waals surface area contributed by atoms with Crippen molar-refractivity contribution < 1.29 is 0 Å². The van der Waals surface area contributed by atoms with E-state index >= 15 is 0 Å². The Bertz CT molecular complexity index is 1700. The summed E-state index contributed by atoms with van der Waals surface area (Å²) in [7, 11) is -1.83. The van der Waals surface area contributed by atoms with Crippen LogP contribution in [0.25, 0.3) is 50.8 Å². The maximum absolute atomic E-state index is 4.94. The first-order valence-corrected chi connectivity index (χ1v) is 15.2. The largest absolute Gasteiger partial charge is 0.285 e. The third kappa shape index (κ3) is 3.10. The van der Waals surface area contributed by atoms with Crippen molar-refractivity contribution >= 4 is 29.4 Å². The summed E-state index contributed by atoms with van der Waals surface area (Å²) in [4.78, 5) is 14.7. The van der Waals surface area contributed by atoms with Gasteiger partial charge in [0.2, 0.25) is 5.95 Å². The van der Waals surface area contributed by atoms with Crippen molar-refractivity contribution in [3.8, 4) is 39.9 Å². The van der Waals surface area contributed by atoms with E-state index in [2.05, 4.69) is 66.3 Å². The van der Waals surface area contributed by atoms with Crippen LogP contribution in [0, 0.1) is 0 Å². The quantitative estimate of drug-likeness (QED) is 0.294. The second-order valence-corrected chi connectivity index (χ2v) is 14.1. The topological polar surface area (TPSA) is 43.6 Å². The molecule has 4 nitrogen and oxygen atoms in total. The van der Waals surface area contributed by atoms with Gasteiger partial charge in [0.15, 0.2) is 11.6 Å². The SMILES string of the molecule is C[Si]1(C)c2ccccc2-c2ccc3c(ccn3-c3nc(-c4ccccc4)nc(-c4ccccc4)n3)c21. The van der Waals surface area contributed by atoms with Gasteiger partial charge in [-0.05, 0) is 33.6 Å². The van der Waals surface area contributed by atoms with Crippen LogP contribution < -0.4 is 10.4 Å². The predicted molar refractivity (Wildman–Crippen MR) is 150 cm³/mol. The molecule has 172 valence electrons. The van der Waals surface area contributed by atoms with Crippen LogP contribution in [0.15, 0.2) is 109 Å². The third-order valence-electron chi connectivity index (χ3n) is 7.29. The lowest BCUT2D eigenvalue weighted by molar-refractivity contribution is 0.933. The van der Waals surface area contributed by atoms with E-state index in [1.165, 1.54) is 26.9 Å². The van der Waals surface area contributed by atoms with Crippen LogP contribution in [-0.4, -0.2) is 27.6 Å². The minimum absolute atomic E-state index is 0.632. The zero-order chi connectivity index (χ0) is 24.3. The Labute approximate surface area is 211 Å². The molecular formula is C31H24N4Si. The molecule has 0 aliphatic carbocycles. The fourth-order valence-corrected chi connectivity index (χ4v) is 9.04. The first-order chi connectivity index (χ1) is 17.6. The van der Waals surface area contributed by atoms with E-state index in [0.29, 0.717) is 17.6 Å². The molecule has 0 fully saturated rings. The molecule has 0 amide bonds. The van der Waals surface area contributed by atoms with Crippen LogP contribution >= 0.6 is 0 Å². The van der Waals surface area contributed by atoms with Crippen LogP contribution in [0.3, 0.4) is 0 Å². The van der Waals surface area contributed by atoms with E-state index in [1.54, 1.807) is 0 Å². The highest BCUT2D eigenvalue weighted by Crippen LogP contribution is 2.33. The summed E-state index contributed by atoms with van der Waals surface area (Å²) in [6.07, 6.45) is 2.11. The maximum Gasteiger partial charge on any atom is 0.238 e. The fraction of sp³-hybridized carbons (Fsp3) is 0.0645. The molecule has 0 saturated heterocycles. The zero-order valence-corrected chi connectivity index (χ0v) is 21.2. The smallest absolute Gasteiger partial charge is 0.238 e. The molecule has 36 heavy (non-hydrogen) atoms. The highest BCUT2D eigenvalue weighted by molar-refractivity contribution is 7.05. The van der Waals surface area contributed by atoms with Crippen LogP contribution in [0.2, 0.25) is 13.1 Å². The van der Waals surface area contributed by atoms with Gasteiger partial charge in [-0.1, -0.05) is 104 Å². The average Bonchev–Trinajstić information content (AvgIpc) is 3.46. The summed E-state index contributed by atoms with van der Waals surface area (Å²) in [5.41, 5.74) is 5.83. The highest BCUT2D eigenvalue weighted by Gasteiger charge is 2.38. The molecule has 0 N–H and O–H groups in total. The van der Waals surface area contributed by atoms with Crippen molar-refractivity contribution in [3.05, 3.63) is 109 Å². The predicted octanol–water partition coefficient (Wildman–Crippen LogP) is 5.95. The maximum atomic E-state index is 4.94. The van der Waals surface area contributed by atoms with Crippen LogP contribution in [0.1, 0.15) is 0 Å². The zero-order valence-electron chi connectivity index (χ0n) is 20.2. The van der Waals surface area contributed by atoms with E-state index < -0.39 is 8.07 Å². The molecule has 1 aliphatic heterocycles. The Kier molecular flexibility index (Phi) is 4.56. The van der Waals surface area contributed by atoms with E-state index in [9.17, 15) is 0 Å². The third-order valence-corrected chi connectivity index (χ3v) is 10.9. The molecule has 0 spiro atoms. The lowest BCUT2D eigenvalue weighted by Crippen LogP contribution is -2.49. The van der Waals surface area contributed by atoms with Gasteiger partial charge in [-0.15, -0.1) is 0 Å². The Morgan fingerprint density at radius 2 is 1.19 bits per heavy atom. The molecule has 3 heterocycles. The molecule has 5 heteroatoms. The Morgan fingerprint density at radius 1 is 0.583 bits per heavy atom. The molecule has 4 aromatic carbocycles. The standard InChI is InChI=1S/C31H24N4Si/c1-36(2)27-16-10-9-15-23(27)24-17-18-26-25(28(24)36)19-20-35(26)31-33-29(21-11-5-3-6-12-21)32-30(34-31)22-13-7-4-8-14-22/h3-20H,1-2H3. The van der Waals surface area contributed by atoms with Gasteiger partial charge < -0.3 is 0 Å². The van der Waals surface area contributed by atoms with Crippen LogP contribution in [0.4, 0.5) is 0 Å². The van der Waals surface area contributed by atoms with Crippen molar-refractivity contribution in [2.24, 2.45) is 0 Å². The summed E-state index contributed by atoms with van der Waals surface area (Å²) in [6.45, 7) is 4.91. The molecule has 1 aliphatic rings. The van der Waals surface area contributed by atoms with Crippen molar-refractivity contribution in [3.63, 3.8) is 0 Å². The van der Waals surface area contributed by atoms with E-state index in [0.717, 1.165) is 16.6 Å². The average molecular weight is 481 g/mol. The molecule has 0 saturated carbocycles. The molecule has 6 aromatic rings. The van der Waals surface area contributed by atoms with Gasteiger partial charge in [-0.25, -0.2) is 4.98 Å². The minimum atomic E-state index is -1.83. The summed E-state index contributed by atoms with van der Waals surface area (Å²) >= 11 is 0. The first-order valence-electron chi connectivity index (χ1n) is 12.2. The Hall–Kier alpha value is -4.35. The Balaban J connectivity index is 1.46. The fourth-order valence-electron chi connectivity index (χ4n) is 5.59. The summed E-state index contributed by atoms with van der Waals surface area (Å²) < 4.78 is 2.11. The van der Waals surface area contributed by atoms with Crippen molar-refractivity contribution in [2.45, 2.75) is 13.1 Å².